The van der Waals surface area contributed by atoms with E-state index in [1.165, 1.54) is 51.4 Å². The van der Waals surface area contributed by atoms with Crippen molar-refractivity contribution in [1.82, 2.24) is 0 Å². The summed E-state index contributed by atoms with van der Waals surface area (Å²) in [5.41, 5.74) is 1.08. The van der Waals surface area contributed by atoms with Crippen LogP contribution in [0.2, 0.25) is 0 Å². The molecule has 0 bridgehead atoms. The van der Waals surface area contributed by atoms with Gasteiger partial charge in [-0.15, -0.1) is 0 Å². The van der Waals surface area contributed by atoms with Crippen molar-refractivity contribution in [3.8, 4) is 0 Å². The highest BCUT2D eigenvalue weighted by atomic mass is 32.1. The van der Waals surface area contributed by atoms with Crippen LogP contribution in [0.5, 0.6) is 0 Å². The molecule has 0 N–H and O–H groups in total. The Morgan fingerprint density at radius 3 is 1.50 bits per heavy atom. The van der Waals surface area contributed by atoms with Crippen molar-refractivity contribution in [3.05, 3.63) is 0 Å². The highest BCUT2D eigenvalue weighted by Gasteiger charge is 2.37. The predicted octanol–water partition coefficient (Wildman–Crippen LogP) is 5.89. The quantitative estimate of drug-likeness (QED) is 0.467. The lowest BCUT2D eigenvalue weighted by Crippen LogP contribution is -2.36. The zero-order valence-corrected chi connectivity index (χ0v) is 14.6. The molecular formula is C18H31NS. The summed E-state index contributed by atoms with van der Waals surface area (Å²) in [6.45, 7) is 9.63. The number of isothiocyanates is 1. The van der Waals surface area contributed by atoms with Gasteiger partial charge in [0.2, 0.25) is 0 Å². The molecule has 2 aliphatic rings. The molecule has 0 aliphatic heterocycles. The highest BCUT2D eigenvalue weighted by molar-refractivity contribution is 7.78. The average Bonchev–Trinajstić information content (AvgIpc) is 2.37. The zero-order chi connectivity index (χ0) is 14.8. The Hall–Kier alpha value is -0.200. The summed E-state index contributed by atoms with van der Waals surface area (Å²) < 4.78 is 0. The second-order valence-corrected chi connectivity index (χ2v) is 8.90. The molecule has 2 saturated carbocycles. The zero-order valence-electron chi connectivity index (χ0n) is 13.7. The first-order chi connectivity index (χ1) is 9.33. The van der Waals surface area contributed by atoms with E-state index in [4.69, 9.17) is 12.2 Å². The molecule has 0 aromatic rings. The monoisotopic (exact) mass is 293 g/mol. The largest absolute Gasteiger partial charge is 0.229 e. The molecule has 20 heavy (non-hydrogen) atoms. The Kier molecular flexibility index (Phi) is 5.08. The molecule has 114 valence electrons. The minimum Gasteiger partial charge on any atom is -0.229 e. The van der Waals surface area contributed by atoms with Gasteiger partial charge in [-0.05, 0) is 86.3 Å². The van der Waals surface area contributed by atoms with Crippen LogP contribution in [-0.4, -0.2) is 11.2 Å². The van der Waals surface area contributed by atoms with Crippen molar-refractivity contribution in [2.45, 2.75) is 85.1 Å². The maximum atomic E-state index is 4.94. The van der Waals surface area contributed by atoms with Gasteiger partial charge in [-0.25, -0.2) is 4.99 Å². The fraction of sp³-hybridized carbons (Fsp3) is 0.944. The molecule has 2 heteroatoms. The van der Waals surface area contributed by atoms with E-state index in [0.29, 0.717) is 16.9 Å². The molecule has 0 atom stereocenters. The maximum absolute atomic E-state index is 4.94. The molecule has 0 amide bonds. The fourth-order valence-electron chi connectivity index (χ4n) is 4.18. The maximum Gasteiger partial charge on any atom is 0.0659 e. The summed E-state index contributed by atoms with van der Waals surface area (Å²) in [6.07, 6.45) is 10.7. The Morgan fingerprint density at radius 1 is 0.850 bits per heavy atom. The van der Waals surface area contributed by atoms with E-state index in [0.717, 1.165) is 11.8 Å². The predicted molar refractivity (Wildman–Crippen MR) is 90.3 cm³/mol. The first kappa shape index (κ1) is 16.2. The molecule has 2 fully saturated rings. The van der Waals surface area contributed by atoms with Gasteiger partial charge in [-0.3, -0.25) is 0 Å². The van der Waals surface area contributed by atoms with E-state index < -0.39 is 0 Å². The third-order valence-electron chi connectivity index (χ3n) is 5.94. The van der Waals surface area contributed by atoms with E-state index in [-0.39, 0.29) is 0 Å². The summed E-state index contributed by atoms with van der Waals surface area (Å²) in [6, 6.07) is 0.458. The first-order valence-electron chi connectivity index (χ1n) is 8.40. The van der Waals surface area contributed by atoms with Gasteiger partial charge >= 0.3 is 0 Å². The molecule has 2 rings (SSSR count). The summed E-state index contributed by atoms with van der Waals surface area (Å²) in [5.74, 6) is 1.51. The van der Waals surface area contributed by atoms with E-state index in [9.17, 15) is 0 Å². The van der Waals surface area contributed by atoms with Crippen LogP contribution in [0.3, 0.4) is 0 Å². The fourth-order valence-corrected chi connectivity index (χ4v) is 4.30. The summed E-state index contributed by atoms with van der Waals surface area (Å²) in [5, 5.41) is 2.71. The van der Waals surface area contributed by atoms with E-state index in [1.807, 2.05) is 0 Å². The lowest BCUT2D eigenvalue weighted by molar-refractivity contribution is 0.114. The van der Waals surface area contributed by atoms with Crippen LogP contribution in [-0.2, 0) is 0 Å². The van der Waals surface area contributed by atoms with Crippen molar-refractivity contribution in [3.63, 3.8) is 0 Å². The van der Waals surface area contributed by atoms with Gasteiger partial charge < -0.3 is 0 Å². The van der Waals surface area contributed by atoms with Crippen molar-refractivity contribution in [1.29, 1.82) is 0 Å². The molecule has 0 unspecified atom stereocenters. The van der Waals surface area contributed by atoms with Crippen LogP contribution in [0.1, 0.15) is 79.1 Å². The van der Waals surface area contributed by atoms with E-state index in [1.54, 1.807) is 0 Å². The minimum absolute atomic E-state index is 0.458. The standard InChI is InChI=1S/C18H31NS/c1-17(2)9-5-14(6-10-17)16(19-13-20)15-7-11-18(3,4)12-8-15/h14-16H,5-12H2,1-4H3. The van der Waals surface area contributed by atoms with Gasteiger partial charge in [0.25, 0.3) is 0 Å². The van der Waals surface area contributed by atoms with Gasteiger partial charge in [0.05, 0.1) is 11.2 Å². The van der Waals surface area contributed by atoms with Gasteiger partial charge in [0, 0.05) is 0 Å². The molecule has 0 aromatic carbocycles. The summed E-state index contributed by atoms with van der Waals surface area (Å²) >= 11 is 4.94. The Balaban J connectivity index is 1.99. The van der Waals surface area contributed by atoms with Crippen LogP contribution in [0.25, 0.3) is 0 Å². The van der Waals surface area contributed by atoms with Crippen molar-refractivity contribution >= 4 is 17.4 Å². The molecule has 2 aliphatic carbocycles. The molecule has 0 spiro atoms. The van der Waals surface area contributed by atoms with Crippen LogP contribution in [0.15, 0.2) is 4.99 Å². The SMILES string of the molecule is CC1(C)CCC(C(N=C=S)C2CCC(C)(C)CC2)CC1. The average molecular weight is 294 g/mol. The molecule has 1 nitrogen and oxygen atoms in total. The normalized spacial score (nSPS) is 27.2. The van der Waals surface area contributed by atoms with Crippen LogP contribution < -0.4 is 0 Å². The molecule has 0 heterocycles. The smallest absolute Gasteiger partial charge is 0.0659 e. The van der Waals surface area contributed by atoms with Crippen LogP contribution >= 0.6 is 12.2 Å². The van der Waals surface area contributed by atoms with E-state index >= 15 is 0 Å². The lowest BCUT2D eigenvalue weighted by Gasteiger charge is -2.42. The third-order valence-corrected chi connectivity index (χ3v) is 6.04. The highest BCUT2D eigenvalue weighted by Crippen LogP contribution is 2.45. The van der Waals surface area contributed by atoms with Gasteiger partial charge in [0.15, 0.2) is 0 Å². The number of hydrogen-bond acceptors (Lipinski definition) is 2. The third kappa shape index (κ3) is 4.15. The van der Waals surface area contributed by atoms with Gasteiger partial charge in [-0.2, -0.15) is 0 Å². The van der Waals surface area contributed by atoms with Crippen molar-refractivity contribution in [2.24, 2.45) is 27.7 Å². The van der Waals surface area contributed by atoms with Crippen molar-refractivity contribution in [2.75, 3.05) is 0 Å². The van der Waals surface area contributed by atoms with Gasteiger partial charge in [-0.1, -0.05) is 27.7 Å². The Labute approximate surface area is 130 Å². The molecule has 0 saturated heterocycles. The number of rotatable bonds is 3. The summed E-state index contributed by atoms with van der Waals surface area (Å²) in [7, 11) is 0. The number of thiocarbonyl (C=S) groups is 1. The Morgan fingerprint density at radius 2 is 1.20 bits per heavy atom. The van der Waals surface area contributed by atoms with Crippen LogP contribution in [0.4, 0.5) is 0 Å². The van der Waals surface area contributed by atoms with Crippen molar-refractivity contribution < 1.29 is 0 Å². The molecule has 0 aromatic heterocycles. The molecular weight excluding hydrogens is 262 g/mol. The lowest BCUT2D eigenvalue weighted by atomic mass is 9.65. The first-order valence-corrected chi connectivity index (χ1v) is 8.81. The Bertz CT molecular complexity index is 331. The van der Waals surface area contributed by atoms with Gasteiger partial charge in [0.1, 0.15) is 0 Å². The minimum atomic E-state index is 0.458. The summed E-state index contributed by atoms with van der Waals surface area (Å²) in [4.78, 5) is 4.63. The topological polar surface area (TPSA) is 12.4 Å². The second-order valence-electron chi connectivity index (χ2n) is 8.71. The number of aliphatic imine (C=N–C) groups is 1. The second kappa shape index (κ2) is 6.28. The molecule has 0 radical (unpaired) electrons. The van der Waals surface area contributed by atoms with E-state index in [2.05, 4.69) is 37.8 Å². The van der Waals surface area contributed by atoms with Crippen LogP contribution in [0, 0.1) is 22.7 Å². The number of hydrogen-bond donors (Lipinski definition) is 0. The number of nitrogens with zero attached hydrogens (tertiary/aromatic N) is 1.